The van der Waals surface area contributed by atoms with E-state index in [1.54, 1.807) is 18.2 Å². The predicted molar refractivity (Wildman–Crippen MR) is 62.7 cm³/mol. The van der Waals surface area contributed by atoms with Crippen molar-refractivity contribution in [1.82, 2.24) is 0 Å². The molecule has 0 saturated carbocycles. The Kier molecular flexibility index (Phi) is 4.37. The van der Waals surface area contributed by atoms with Crippen LogP contribution >= 0.6 is 0 Å². The SMILES string of the molecule is COC(=O)c1cc(N)ccc1C#CCCN. The molecule has 1 aromatic rings. The summed E-state index contributed by atoms with van der Waals surface area (Å²) in [6.07, 6.45) is 0.588. The van der Waals surface area contributed by atoms with Crippen LogP contribution in [0.2, 0.25) is 0 Å². The number of ether oxygens (including phenoxy) is 1. The summed E-state index contributed by atoms with van der Waals surface area (Å²) in [7, 11) is 1.32. The molecule has 0 unspecified atom stereocenters. The van der Waals surface area contributed by atoms with Gasteiger partial charge in [0.05, 0.1) is 12.7 Å². The van der Waals surface area contributed by atoms with Gasteiger partial charge < -0.3 is 16.2 Å². The Labute approximate surface area is 94.6 Å². The van der Waals surface area contributed by atoms with E-state index in [2.05, 4.69) is 16.6 Å². The number of esters is 1. The quantitative estimate of drug-likeness (QED) is 0.436. The van der Waals surface area contributed by atoms with E-state index in [9.17, 15) is 4.79 Å². The molecule has 84 valence electrons. The summed E-state index contributed by atoms with van der Waals surface area (Å²) in [6.45, 7) is 0.496. The zero-order chi connectivity index (χ0) is 12.0. The van der Waals surface area contributed by atoms with Gasteiger partial charge in [0, 0.05) is 24.2 Å². The van der Waals surface area contributed by atoms with Gasteiger partial charge in [-0.25, -0.2) is 4.79 Å². The lowest BCUT2D eigenvalue weighted by atomic mass is 10.1. The van der Waals surface area contributed by atoms with Crippen LogP contribution in [-0.4, -0.2) is 19.6 Å². The van der Waals surface area contributed by atoms with Crippen molar-refractivity contribution in [3.05, 3.63) is 29.3 Å². The zero-order valence-electron chi connectivity index (χ0n) is 9.12. The molecular weight excluding hydrogens is 204 g/mol. The van der Waals surface area contributed by atoms with Gasteiger partial charge in [0.2, 0.25) is 0 Å². The molecule has 0 aromatic heterocycles. The number of anilines is 1. The van der Waals surface area contributed by atoms with Crippen LogP contribution in [0.4, 0.5) is 5.69 Å². The van der Waals surface area contributed by atoms with Gasteiger partial charge in [-0.2, -0.15) is 0 Å². The van der Waals surface area contributed by atoms with E-state index in [1.807, 2.05) is 0 Å². The number of methoxy groups -OCH3 is 1. The number of rotatable bonds is 2. The van der Waals surface area contributed by atoms with Gasteiger partial charge in [0.25, 0.3) is 0 Å². The van der Waals surface area contributed by atoms with Crippen LogP contribution in [0.15, 0.2) is 18.2 Å². The number of hydrogen-bond acceptors (Lipinski definition) is 4. The van der Waals surface area contributed by atoms with Crippen LogP contribution in [-0.2, 0) is 4.74 Å². The fraction of sp³-hybridized carbons (Fsp3) is 0.250. The number of carbonyl (C=O) groups excluding carboxylic acids is 1. The van der Waals surface area contributed by atoms with Gasteiger partial charge in [-0.1, -0.05) is 11.8 Å². The third kappa shape index (κ3) is 3.01. The van der Waals surface area contributed by atoms with E-state index in [4.69, 9.17) is 11.5 Å². The van der Waals surface area contributed by atoms with Crippen molar-refractivity contribution in [2.24, 2.45) is 5.73 Å². The molecule has 1 aromatic carbocycles. The smallest absolute Gasteiger partial charge is 0.339 e. The topological polar surface area (TPSA) is 78.3 Å². The number of benzene rings is 1. The summed E-state index contributed by atoms with van der Waals surface area (Å²) < 4.78 is 4.65. The molecule has 0 aliphatic carbocycles. The highest BCUT2D eigenvalue weighted by molar-refractivity contribution is 5.93. The Morgan fingerprint density at radius 1 is 1.50 bits per heavy atom. The number of nitrogens with two attached hydrogens (primary N) is 2. The fourth-order valence-corrected chi connectivity index (χ4v) is 1.18. The zero-order valence-corrected chi connectivity index (χ0v) is 9.12. The largest absolute Gasteiger partial charge is 0.465 e. The summed E-state index contributed by atoms with van der Waals surface area (Å²) in [6, 6.07) is 4.95. The lowest BCUT2D eigenvalue weighted by Crippen LogP contribution is -2.05. The van der Waals surface area contributed by atoms with Crippen molar-refractivity contribution in [3.63, 3.8) is 0 Å². The Hall–Kier alpha value is -1.99. The summed E-state index contributed by atoms with van der Waals surface area (Å²) in [5.41, 5.74) is 12.4. The molecule has 0 amide bonds. The van der Waals surface area contributed by atoms with Gasteiger partial charge in [-0.05, 0) is 18.2 Å². The van der Waals surface area contributed by atoms with Gasteiger partial charge in [-0.15, -0.1) is 0 Å². The predicted octanol–water partition coefficient (Wildman–Crippen LogP) is 0.756. The first-order valence-electron chi connectivity index (χ1n) is 4.86. The van der Waals surface area contributed by atoms with Crippen LogP contribution in [0.25, 0.3) is 0 Å². The van der Waals surface area contributed by atoms with Crippen LogP contribution < -0.4 is 11.5 Å². The molecule has 4 nitrogen and oxygen atoms in total. The minimum Gasteiger partial charge on any atom is -0.465 e. The highest BCUT2D eigenvalue weighted by Gasteiger charge is 2.10. The van der Waals surface area contributed by atoms with E-state index in [-0.39, 0.29) is 0 Å². The lowest BCUT2D eigenvalue weighted by molar-refractivity contribution is 0.0600. The third-order valence-electron chi connectivity index (χ3n) is 1.94. The normalized spacial score (nSPS) is 9.12. The van der Waals surface area contributed by atoms with E-state index in [0.717, 1.165) is 0 Å². The number of carbonyl (C=O) groups is 1. The standard InChI is InChI=1S/C12H14N2O2/c1-16-12(15)11-8-10(14)6-5-9(11)4-2-3-7-13/h5-6,8H,3,7,13-14H2,1H3. The monoisotopic (exact) mass is 218 g/mol. The molecule has 0 aliphatic rings. The average Bonchev–Trinajstić information content (AvgIpc) is 2.30. The van der Waals surface area contributed by atoms with Crippen molar-refractivity contribution in [3.8, 4) is 11.8 Å². The molecule has 0 bridgehead atoms. The molecule has 1 rings (SSSR count). The molecule has 0 saturated heterocycles. The van der Waals surface area contributed by atoms with Crippen LogP contribution in [0.5, 0.6) is 0 Å². The highest BCUT2D eigenvalue weighted by atomic mass is 16.5. The van der Waals surface area contributed by atoms with Crippen molar-refractivity contribution in [1.29, 1.82) is 0 Å². The Bertz CT molecular complexity index is 444. The summed E-state index contributed by atoms with van der Waals surface area (Å²) in [5, 5.41) is 0. The van der Waals surface area contributed by atoms with Gasteiger partial charge in [-0.3, -0.25) is 0 Å². The molecule has 16 heavy (non-hydrogen) atoms. The minimum atomic E-state index is -0.440. The maximum absolute atomic E-state index is 11.4. The van der Waals surface area contributed by atoms with E-state index in [0.29, 0.717) is 29.8 Å². The first-order valence-corrected chi connectivity index (χ1v) is 4.86. The highest BCUT2D eigenvalue weighted by Crippen LogP contribution is 2.13. The van der Waals surface area contributed by atoms with Crippen LogP contribution in [0, 0.1) is 11.8 Å². The maximum atomic E-state index is 11.4. The molecule has 0 heterocycles. The van der Waals surface area contributed by atoms with Crippen molar-refractivity contribution in [2.75, 3.05) is 19.4 Å². The van der Waals surface area contributed by atoms with Crippen molar-refractivity contribution < 1.29 is 9.53 Å². The maximum Gasteiger partial charge on any atom is 0.339 e. The Morgan fingerprint density at radius 3 is 2.88 bits per heavy atom. The summed E-state index contributed by atoms with van der Waals surface area (Å²) in [4.78, 5) is 11.4. The van der Waals surface area contributed by atoms with E-state index >= 15 is 0 Å². The van der Waals surface area contributed by atoms with Gasteiger partial charge in [0.1, 0.15) is 0 Å². The average molecular weight is 218 g/mol. The van der Waals surface area contributed by atoms with Crippen LogP contribution in [0.3, 0.4) is 0 Å². The molecule has 0 atom stereocenters. The van der Waals surface area contributed by atoms with Gasteiger partial charge in [0.15, 0.2) is 0 Å². The second kappa shape index (κ2) is 5.79. The molecule has 4 heteroatoms. The fourth-order valence-electron chi connectivity index (χ4n) is 1.18. The molecule has 0 aliphatic heterocycles. The second-order valence-corrected chi connectivity index (χ2v) is 3.14. The summed E-state index contributed by atoms with van der Waals surface area (Å²) >= 11 is 0. The number of hydrogen-bond donors (Lipinski definition) is 2. The second-order valence-electron chi connectivity index (χ2n) is 3.14. The van der Waals surface area contributed by atoms with Crippen LogP contribution in [0.1, 0.15) is 22.3 Å². The lowest BCUT2D eigenvalue weighted by Gasteiger charge is -2.03. The van der Waals surface area contributed by atoms with Crippen molar-refractivity contribution >= 4 is 11.7 Å². The minimum absolute atomic E-state index is 0.382. The first kappa shape index (κ1) is 12.1. The molecule has 4 N–H and O–H groups in total. The van der Waals surface area contributed by atoms with Crippen molar-refractivity contribution in [2.45, 2.75) is 6.42 Å². The van der Waals surface area contributed by atoms with E-state index < -0.39 is 5.97 Å². The molecular formula is C12H14N2O2. The molecule has 0 radical (unpaired) electrons. The summed E-state index contributed by atoms with van der Waals surface area (Å²) in [5.74, 6) is 5.30. The van der Waals surface area contributed by atoms with E-state index in [1.165, 1.54) is 7.11 Å². The Balaban J connectivity index is 3.09. The molecule has 0 spiro atoms. The third-order valence-corrected chi connectivity index (χ3v) is 1.94. The molecule has 0 fully saturated rings. The van der Waals surface area contributed by atoms with Gasteiger partial charge >= 0.3 is 5.97 Å². The number of nitrogen functional groups attached to an aromatic ring is 1. The first-order chi connectivity index (χ1) is 7.69. The Morgan fingerprint density at radius 2 is 2.25 bits per heavy atom.